The molecule has 1 fully saturated rings. The highest BCUT2D eigenvalue weighted by Gasteiger charge is 2.40. The fraction of sp³-hybridized carbons (Fsp3) is 0.0667. The monoisotopic (exact) mass is 553 g/mol. The fourth-order valence-corrected chi connectivity index (χ4v) is 6.51. The molecule has 2 aliphatic heterocycles. The van der Waals surface area contributed by atoms with Crippen LogP contribution in [0.15, 0.2) is 117 Å². The molecule has 4 aromatic carbocycles. The van der Waals surface area contributed by atoms with Crippen LogP contribution < -0.4 is 19.3 Å². The second-order valence-corrected chi connectivity index (χ2v) is 10.7. The topological polar surface area (TPSA) is 74.6 Å². The van der Waals surface area contributed by atoms with E-state index in [0.29, 0.717) is 27.2 Å². The molecule has 194 valence electrons. The normalized spacial score (nSPS) is 17.6. The number of carbonyl (C=O) groups excluding carboxylic acids is 1. The minimum absolute atomic E-state index is 0.125. The Hall–Kier alpha value is -4.34. The molecule has 0 aliphatic carbocycles. The SMILES string of the molecule is COc1ccc2c(c1)N(C)C(=C1SC(=Nc3ccc(Oc4ccccc4)cc3)N(c3ccc(O)cc3)C1=O)S2. The van der Waals surface area contributed by atoms with E-state index in [1.807, 2.05) is 84.7 Å². The van der Waals surface area contributed by atoms with Gasteiger partial charge in [0.05, 0.1) is 29.2 Å². The van der Waals surface area contributed by atoms with Crippen LogP contribution in [0.4, 0.5) is 17.1 Å². The van der Waals surface area contributed by atoms with E-state index in [9.17, 15) is 9.90 Å². The van der Waals surface area contributed by atoms with Crippen LogP contribution >= 0.6 is 23.5 Å². The van der Waals surface area contributed by atoms with Crippen LogP contribution in [-0.2, 0) is 4.79 Å². The van der Waals surface area contributed by atoms with Crippen LogP contribution in [0.2, 0.25) is 0 Å². The van der Waals surface area contributed by atoms with Crippen molar-refractivity contribution in [3.8, 4) is 23.0 Å². The molecule has 7 nitrogen and oxygen atoms in total. The zero-order valence-corrected chi connectivity index (χ0v) is 22.7. The summed E-state index contributed by atoms with van der Waals surface area (Å²) in [5, 5.41) is 11.2. The number of fused-ring (bicyclic) bond motifs is 1. The van der Waals surface area contributed by atoms with Gasteiger partial charge in [-0.15, -0.1) is 0 Å². The number of hydrogen-bond donors (Lipinski definition) is 1. The molecular formula is C30H23N3O4S2. The maximum absolute atomic E-state index is 13.9. The first kappa shape index (κ1) is 25.0. The number of ether oxygens (including phenoxy) is 2. The highest BCUT2D eigenvalue weighted by atomic mass is 32.2. The summed E-state index contributed by atoms with van der Waals surface area (Å²) in [7, 11) is 3.58. The van der Waals surface area contributed by atoms with Crippen LogP contribution in [0.3, 0.4) is 0 Å². The van der Waals surface area contributed by atoms with Crippen molar-refractivity contribution in [3.05, 3.63) is 107 Å². The van der Waals surface area contributed by atoms with Crippen molar-refractivity contribution in [3.63, 3.8) is 0 Å². The smallest absolute Gasteiger partial charge is 0.274 e. The van der Waals surface area contributed by atoms with E-state index in [0.717, 1.165) is 27.1 Å². The Bertz CT molecular complexity index is 1600. The third-order valence-electron chi connectivity index (χ3n) is 6.16. The third-order valence-corrected chi connectivity index (χ3v) is 8.56. The number of para-hydroxylation sites is 1. The number of thioether (sulfide) groups is 2. The number of aromatic hydroxyl groups is 1. The van der Waals surface area contributed by atoms with Crippen molar-refractivity contribution in [1.29, 1.82) is 0 Å². The predicted octanol–water partition coefficient (Wildman–Crippen LogP) is 7.37. The molecule has 2 aliphatic rings. The second kappa shape index (κ2) is 10.4. The molecular weight excluding hydrogens is 530 g/mol. The van der Waals surface area contributed by atoms with Gasteiger partial charge in [-0.05, 0) is 84.6 Å². The molecule has 4 aromatic rings. The molecule has 0 radical (unpaired) electrons. The van der Waals surface area contributed by atoms with E-state index in [-0.39, 0.29) is 11.7 Å². The number of hydrogen-bond acceptors (Lipinski definition) is 8. The van der Waals surface area contributed by atoms with E-state index in [4.69, 9.17) is 14.5 Å². The molecule has 1 saturated heterocycles. The zero-order chi connectivity index (χ0) is 26.9. The lowest BCUT2D eigenvalue weighted by Gasteiger charge is -2.17. The first-order valence-electron chi connectivity index (χ1n) is 12.1. The quantitative estimate of drug-likeness (QED) is 0.259. The van der Waals surface area contributed by atoms with Crippen molar-refractivity contribution in [2.75, 3.05) is 24.0 Å². The number of nitrogens with zero attached hydrogens (tertiary/aromatic N) is 3. The number of phenols is 1. The summed E-state index contributed by atoms with van der Waals surface area (Å²) < 4.78 is 11.3. The van der Waals surface area contributed by atoms with Gasteiger partial charge in [0.1, 0.15) is 27.9 Å². The molecule has 1 amide bonds. The van der Waals surface area contributed by atoms with E-state index in [1.54, 1.807) is 48.0 Å². The molecule has 0 aromatic heterocycles. The standard InChI is InChI=1S/C30H23N3O4S2/c1-32-25-18-24(36-2)16-17-26(25)38-29(32)27-28(35)33(20-10-12-21(34)13-11-20)30(39-27)31-19-8-14-23(15-9-19)37-22-6-4-3-5-7-22/h3-18,34H,1-2H3. The Morgan fingerprint density at radius 2 is 1.51 bits per heavy atom. The average molecular weight is 554 g/mol. The van der Waals surface area contributed by atoms with E-state index in [1.165, 1.54) is 11.8 Å². The number of amidine groups is 1. The molecule has 0 atom stereocenters. The number of rotatable bonds is 5. The zero-order valence-electron chi connectivity index (χ0n) is 21.1. The van der Waals surface area contributed by atoms with Crippen LogP contribution in [-0.4, -0.2) is 30.3 Å². The van der Waals surface area contributed by atoms with Crippen LogP contribution in [0, 0.1) is 0 Å². The Kier molecular flexibility index (Phi) is 6.68. The van der Waals surface area contributed by atoms with Crippen molar-refractivity contribution >= 4 is 51.7 Å². The molecule has 0 bridgehead atoms. The Balaban J connectivity index is 1.35. The molecule has 1 N–H and O–H groups in total. The Morgan fingerprint density at radius 1 is 0.821 bits per heavy atom. The minimum Gasteiger partial charge on any atom is -0.508 e. The summed E-state index contributed by atoms with van der Waals surface area (Å²) in [6.45, 7) is 0. The predicted molar refractivity (Wildman–Crippen MR) is 158 cm³/mol. The number of phenolic OH excluding ortho intramolecular Hbond substituents is 1. The molecule has 2 heterocycles. The number of benzene rings is 4. The van der Waals surface area contributed by atoms with E-state index < -0.39 is 0 Å². The largest absolute Gasteiger partial charge is 0.508 e. The summed E-state index contributed by atoms with van der Waals surface area (Å²) in [6, 6.07) is 29.4. The van der Waals surface area contributed by atoms with Gasteiger partial charge >= 0.3 is 0 Å². The lowest BCUT2D eigenvalue weighted by Crippen LogP contribution is -2.29. The van der Waals surface area contributed by atoms with Crippen LogP contribution in [0.5, 0.6) is 23.0 Å². The van der Waals surface area contributed by atoms with Gasteiger partial charge in [0.15, 0.2) is 5.17 Å². The van der Waals surface area contributed by atoms with Gasteiger partial charge in [0.2, 0.25) is 0 Å². The minimum atomic E-state index is -0.178. The highest BCUT2D eigenvalue weighted by molar-refractivity contribution is 8.20. The Morgan fingerprint density at radius 3 is 2.23 bits per heavy atom. The van der Waals surface area contributed by atoms with E-state index >= 15 is 0 Å². The molecule has 0 unspecified atom stereocenters. The Labute approximate surface area is 234 Å². The maximum Gasteiger partial charge on any atom is 0.274 e. The highest BCUT2D eigenvalue weighted by Crippen LogP contribution is 2.51. The summed E-state index contributed by atoms with van der Waals surface area (Å²) in [5.41, 5.74) is 2.28. The van der Waals surface area contributed by atoms with Crippen LogP contribution in [0.1, 0.15) is 0 Å². The lowest BCUT2D eigenvalue weighted by molar-refractivity contribution is -0.113. The first-order chi connectivity index (χ1) is 19.0. The van der Waals surface area contributed by atoms with Gasteiger partial charge in [-0.2, -0.15) is 0 Å². The number of aliphatic imine (C=N–C) groups is 1. The molecule has 39 heavy (non-hydrogen) atoms. The van der Waals surface area contributed by atoms with Gasteiger partial charge in [-0.1, -0.05) is 30.0 Å². The van der Waals surface area contributed by atoms with Crippen LogP contribution in [0.25, 0.3) is 0 Å². The first-order valence-corrected chi connectivity index (χ1v) is 13.7. The number of carbonyl (C=O) groups is 1. The number of amides is 1. The maximum atomic E-state index is 13.9. The summed E-state index contributed by atoms with van der Waals surface area (Å²) >= 11 is 2.87. The van der Waals surface area contributed by atoms with Gasteiger partial charge < -0.3 is 19.5 Å². The summed E-state index contributed by atoms with van der Waals surface area (Å²) in [6.07, 6.45) is 0. The average Bonchev–Trinajstić information content (AvgIpc) is 3.46. The second-order valence-electron chi connectivity index (χ2n) is 8.69. The summed E-state index contributed by atoms with van der Waals surface area (Å²) in [5.74, 6) is 2.14. The molecule has 9 heteroatoms. The van der Waals surface area contributed by atoms with Gasteiger partial charge in [0, 0.05) is 18.0 Å². The number of methoxy groups -OCH3 is 1. The third kappa shape index (κ3) is 4.94. The van der Waals surface area contributed by atoms with Gasteiger partial charge in [-0.25, -0.2) is 4.99 Å². The molecule has 6 rings (SSSR count). The number of anilines is 2. The summed E-state index contributed by atoms with van der Waals surface area (Å²) in [4.78, 5) is 23.9. The van der Waals surface area contributed by atoms with Crippen molar-refractivity contribution in [1.82, 2.24) is 0 Å². The fourth-order valence-electron chi connectivity index (χ4n) is 4.18. The molecule has 0 saturated carbocycles. The van der Waals surface area contributed by atoms with E-state index in [2.05, 4.69) is 0 Å². The van der Waals surface area contributed by atoms with Gasteiger partial charge in [-0.3, -0.25) is 9.69 Å². The molecule has 0 spiro atoms. The lowest BCUT2D eigenvalue weighted by atomic mass is 10.2. The van der Waals surface area contributed by atoms with Crippen molar-refractivity contribution in [2.24, 2.45) is 4.99 Å². The van der Waals surface area contributed by atoms with Crippen molar-refractivity contribution in [2.45, 2.75) is 4.90 Å². The van der Waals surface area contributed by atoms with Gasteiger partial charge in [0.25, 0.3) is 5.91 Å². The van der Waals surface area contributed by atoms with Crippen molar-refractivity contribution < 1.29 is 19.4 Å².